The van der Waals surface area contributed by atoms with E-state index in [0.717, 1.165) is 11.1 Å². The molecule has 2 aromatic carbocycles. The van der Waals surface area contributed by atoms with Gasteiger partial charge in [-0.15, -0.1) is 0 Å². The Morgan fingerprint density at radius 1 is 1.00 bits per heavy atom. The van der Waals surface area contributed by atoms with Gasteiger partial charge in [0.2, 0.25) is 0 Å². The number of sulfonamides is 1. The number of rotatable bonds is 4. The van der Waals surface area contributed by atoms with Gasteiger partial charge in [0, 0.05) is 13.1 Å². The zero-order valence-electron chi connectivity index (χ0n) is 16.7. The normalized spacial score (nSPS) is 14.8. The molecule has 0 atom stereocenters. The molecule has 1 aliphatic rings. The second kappa shape index (κ2) is 7.93. The monoisotopic (exact) mass is 402 g/mol. The van der Waals surface area contributed by atoms with Crippen LogP contribution in [0.4, 0.5) is 5.69 Å². The maximum Gasteiger partial charge on any atom is 0.262 e. The van der Waals surface area contributed by atoms with E-state index in [-0.39, 0.29) is 16.5 Å². The van der Waals surface area contributed by atoms with E-state index in [2.05, 4.69) is 4.72 Å². The van der Waals surface area contributed by atoms with Crippen LogP contribution in [0.3, 0.4) is 0 Å². The number of nitrogens with zero attached hydrogens (tertiary/aromatic N) is 1. The van der Waals surface area contributed by atoms with Crippen molar-refractivity contribution in [1.29, 1.82) is 0 Å². The van der Waals surface area contributed by atoms with Gasteiger partial charge in [0.1, 0.15) is 0 Å². The van der Waals surface area contributed by atoms with Crippen molar-refractivity contribution in [3.8, 4) is 0 Å². The van der Waals surface area contributed by atoms with E-state index in [1.54, 1.807) is 43.0 Å². The number of hydrogen-bond acceptors (Lipinski definition) is 4. The zero-order valence-corrected chi connectivity index (χ0v) is 17.5. The van der Waals surface area contributed by atoms with Gasteiger partial charge in [-0.2, -0.15) is 0 Å². The minimum atomic E-state index is -3.85. The molecule has 3 rings (SSSR count). The number of aryl methyl sites for hydroxylation is 2. The third kappa shape index (κ3) is 3.91. The third-order valence-corrected chi connectivity index (χ3v) is 6.90. The van der Waals surface area contributed by atoms with Crippen LogP contribution in [0.25, 0.3) is 0 Å². The fourth-order valence-electron chi connectivity index (χ4n) is 3.47. The summed E-state index contributed by atoms with van der Waals surface area (Å²) >= 11 is 0. The number of para-hydroxylation sites is 1. The molecule has 1 amide bonds. The first kappa shape index (κ1) is 20.4. The Morgan fingerprint density at radius 3 is 2.18 bits per heavy atom. The summed E-state index contributed by atoms with van der Waals surface area (Å²) in [6.45, 7) is 9.38. The first-order chi connectivity index (χ1) is 13.2. The fourth-order valence-corrected chi connectivity index (χ4v) is 5.17. The number of morpholine rings is 1. The van der Waals surface area contributed by atoms with Gasteiger partial charge in [-0.25, -0.2) is 8.42 Å². The molecular weight excluding hydrogens is 376 g/mol. The number of benzene rings is 2. The average Bonchev–Trinajstić information content (AvgIpc) is 2.67. The Kier molecular flexibility index (Phi) is 5.76. The van der Waals surface area contributed by atoms with E-state index in [4.69, 9.17) is 4.74 Å². The van der Waals surface area contributed by atoms with Gasteiger partial charge in [-0.3, -0.25) is 9.52 Å². The van der Waals surface area contributed by atoms with Crippen molar-refractivity contribution in [3.05, 3.63) is 58.1 Å². The summed E-state index contributed by atoms with van der Waals surface area (Å²) in [5.41, 5.74) is 3.90. The van der Waals surface area contributed by atoms with Crippen LogP contribution < -0.4 is 4.72 Å². The second-order valence-corrected chi connectivity index (χ2v) is 8.76. The molecule has 0 spiro atoms. The molecule has 0 saturated carbocycles. The minimum absolute atomic E-state index is 0.199. The summed E-state index contributed by atoms with van der Waals surface area (Å²) in [5.74, 6) is -0.199. The van der Waals surface area contributed by atoms with Crippen molar-refractivity contribution in [2.45, 2.75) is 32.6 Å². The molecule has 1 saturated heterocycles. The Hall–Kier alpha value is -2.38. The van der Waals surface area contributed by atoms with E-state index in [1.165, 1.54) is 0 Å². The van der Waals surface area contributed by atoms with Crippen molar-refractivity contribution in [1.82, 2.24) is 4.90 Å². The highest BCUT2D eigenvalue weighted by Gasteiger charge is 2.26. The van der Waals surface area contributed by atoms with Gasteiger partial charge in [-0.05, 0) is 62.1 Å². The lowest BCUT2D eigenvalue weighted by atomic mass is 10.0. The van der Waals surface area contributed by atoms with Crippen molar-refractivity contribution in [2.75, 3.05) is 31.0 Å². The molecule has 0 bridgehead atoms. The molecule has 0 aromatic heterocycles. The highest BCUT2D eigenvalue weighted by molar-refractivity contribution is 7.92. The topological polar surface area (TPSA) is 75.7 Å². The smallest absolute Gasteiger partial charge is 0.262 e. The third-order valence-electron chi connectivity index (χ3n) is 5.27. The Balaban J connectivity index is 2.00. The van der Waals surface area contributed by atoms with Crippen molar-refractivity contribution in [3.63, 3.8) is 0 Å². The molecule has 1 fully saturated rings. The maximum absolute atomic E-state index is 13.2. The molecule has 1 aliphatic heterocycles. The lowest BCUT2D eigenvalue weighted by molar-refractivity contribution is 0.0303. The van der Waals surface area contributed by atoms with E-state index < -0.39 is 10.0 Å². The summed E-state index contributed by atoms with van der Waals surface area (Å²) in [6.07, 6.45) is 0. The Labute approximate surface area is 166 Å². The quantitative estimate of drug-likeness (QED) is 0.852. The average molecular weight is 403 g/mol. The number of nitrogens with one attached hydrogen (secondary N) is 1. The molecule has 0 radical (unpaired) electrons. The van der Waals surface area contributed by atoms with Gasteiger partial charge >= 0.3 is 0 Å². The molecule has 0 unspecified atom stereocenters. The van der Waals surface area contributed by atoms with Crippen LogP contribution in [0, 0.1) is 27.7 Å². The SMILES string of the molecule is Cc1cc(C)c(C)c(S(=O)(=O)Nc2ccccc2C(=O)N2CCOCC2)c1C. The largest absolute Gasteiger partial charge is 0.378 e. The molecule has 28 heavy (non-hydrogen) atoms. The predicted molar refractivity (Wildman–Crippen MR) is 109 cm³/mol. The summed E-state index contributed by atoms with van der Waals surface area (Å²) in [6, 6.07) is 8.71. The van der Waals surface area contributed by atoms with Crippen LogP contribution in [-0.2, 0) is 14.8 Å². The fraction of sp³-hybridized carbons (Fsp3) is 0.381. The van der Waals surface area contributed by atoms with E-state index in [9.17, 15) is 13.2 Å². The Morgan fingerprint density at radius 2 is 1.57 bits per heavy atom. The number of ether oxygens (including phenoxy) is 1. The van der Waals surface area contributed by atoms with E-state index >= 15 is 0 Å². The summed E-state index contributed by atoms with van der Waals surface area (Å²) in [7, 11) is -3.85. The minimum Gasteiger partial charge on any atom is -0.378 e. The predicted octanol–water partition coefficient (Wildman–Crippen LogP) is 3.19. The zero-order chi connectivity index (χ0) is 20.5. The second-order valence-electron chi connectivity index (χ2n) is 7.15. The number of amides is 1. The molecule has 1 N–H and O–H groups in total. The number of carbonyl (C=O) groups excluding carboxylic acids is 1. The van der Waals surface area contributed by atoms with Crippen LogP contribution >= 0.6 is 0 Å². The maximum atomic E-state index is 13.2. The van der Waals surface area contributed by atoms with E-state index in [0.29, 0.717) is 43.0 Å². The summed E-state index contributed by atoms with van der Waals surface area (Å²) in [4.78, 5) is 14.9. The standard InChI is InChI=1S/C21H26N2O4S/c1-14-13-15(2)17(4)20(16(14)3)28(25,26)22-19-8-6-5-7-18(19)21(24)23-9-11-27-12-10-23/h5-8,13,22H,9-12H2,1-4H3. The molecule has 150 valence electrons. The number of hydrogen-bond donors (Lipinski definition) is 1. The van der Waals surface area contributed by atoms with Crippen LogP contribution in [0.2, 0.25) is 0 Å². The molecule has 0 aliphatic carbocycles. The highest BCUT2D eigenvalue weighted by Crippen LogP contribution is 2.29. The van der Waals surface area contributed by atoms with Crippen LogP contribution in [0.15, 0.2) is 35.2 Å². The summed E-state index contributed by atoms with van der Waals surface area (Å²) < 4.78 is 34.4. The lowest BCUT2D eigenvalue weighted by Gasteiger charge is -2.27. The van der Waals surface area contributed by atoms with Gasteiger partial charge in [0.05, 0.1) is 29.4 Å². The van der Waals surface area contributed by atoms with Crippen LogP contribution in [-0.4, -0.2) is 45.5 Å². The van der Waals surface area contributed by atoms with Crippen LogP contribution in [0.5, 0.6) is 0 Å². The highest BCUT2D eigenvalue weighted by atomic mass is 32.2. The molecule has 2 aromatic rings. The first-order valence-electron chi connectivity index (χ1n) is 9.28. The number of carbonyl (C=O) groups is 1. The molecule has 6 nitrogen and oxygen atoms in total. The lowest BCUT2D eigenvalue weighted by Crippen LogP contribution is -2.41. The van der Waals surface area contributed by atoms with Gasteiger partial charge in [-0.1, -0.05) is 18.2 Å². The van der Waals surface area contributed by atoms with Crippen molar-refractivity contribution < 1.29 is 17.9 Å². The first-order valence-corrected chi connectivity index (χ1v) is 10.8. The molecule has 7 heteroatoms. The Bertz CT molecular complexity index is 983. The van der Waals surface area contributed by atoms with Crippen molar-refractivity contribution >= 4 is 21.6 Å². The van der Waals surface area contributed by atoms with E-state index in [1.807, 2.05) is 19.9 Å². The van der Waals surface area contributed by atoms with Crippen molar-refractivity contribution in [2.24, 2.45) is 0 Å². The number of anilines is 1. The van der Waals surface area contributed by atoms with Gasteiger partial charge in [0.15, 0.2) is 0 Å². The summed E-state index contributed by atoms with van der Waals surface area (Å²) in [5, 5.41) is 0. The molecular formula is C21H26N2O4S. The van der Waals surface area contributed by atoms with Gasteiger partial charge < -0.3 is 9.64 Å². The molecule has 1 heterocycles. The van der Waals surface area contributed by atoms with Gasteiger partial charge in [0.25, 0.3) is 15.9 Å². The van der Waals surface area contributed by atoms with Crippen LogP contribution in [0.1, 0.15) is 32.6 Å².